The van der Waals surface area contributed by atoms with Crippen LogP contribution in [0.1, 0.15) is 145 Å². The molecule has 0 bridgehead atoms. The maximum Gasteiger partial charge on any atom is -0.0263 e. The lowest BCUT2D eigenvalue weighted by Gasteiger charge is -2.36. The van der Waals surface area contributed by atoms with Gasteiger partial charge in [0, 0.05) is 0 Å². The smallest absolute Gasteiger partial charge is 0.0263 e. The van der Waals surface area contributed by atoms with Gasteiger partial charge in [-0.25, -0.2) is 0 Å². The van der Waals surface area contributed by atoms with E-state index in [1.165, 1.54) is 103 Å². The highest BCUT2D eigenvalue weighted by atomic mass is 14.3. The van der Waals surface area contributed by atoms with Gasteiger partial charge in [0.25, 0.3) is 0 Å². The quantitative estimate of drug-likeness (QED) is 0.349. The first-order valence-corrected chi connectivity index (χ1v) is 12.2. The van der Waals surface area contributed by atoms with Gasteiger partial charge in [0.05, 0.1) is 0 Å². The van der Waals surface area contributed by atoms with Crippen molar-refractivity contribution in [2.45, 2.75) is 145 Å². The average Bonchev–Trinajstić information content (AvgIpc) is 2.61. The van der Waals surface area contributed by atoms with Crippen LogP contribution in [0.2, 0.25) is 0 Å². The van der Waals surface area contributed by atoms with E-state index < -0.39 is 0 Å². The summed E-state index contributed by atoms with van der Waals surface area (Å²) < 4.78 is 0. The van der Waals surface area contributed by atoms with Crippen molar-refractivity contribution in [2.75, 3.05) is 0 Å². The topological polar surface area (TPSA) is 0 Å². The number of hydrogen-bond acceptors (Lipinski definition) is 0. The Morgan fingerprint density at radius 2 is 1.48 bits per heavy atom. The van der Waals surface area contributed by atoms with Crippen molar-refractivity contribution in [3.05, 3.63) is 12.7 Å². The molecular formula is C27H56. The summed E-state index contributed by atoms with van der Waals surface area (Å²) in [5.41, 5.74) is 0.663. The van der Waals surface area contributed by atoms with Gasteiger partial charge in [-0.1, -0.05) is 125 Å². The lowest BCUT2D eigenvalue weighted by molar-refractivity contribution is 0.171. The normalized spacial score (nSPS) is 19.1. The Bertz CT molecular complexity index is 291. The average molecular weight is 381 g/mol. The predicted molar refractivity (Wildman–Crippen MR) is 129 cm³/mol. The molecule has 1 unspecified atom stereocenters. The molecule has 2 saturated carbocycles. The molecule has 2 fully saturated rings. The minimum absolute atomic E-state index is 0. The second kappa shape index (κ2) is 19.1. The van der Waals surface area contributed by atoms with Crippen LogP contribution in [0.15, 0.2) is 12.7 Å². The van der Waals surface area contributed by atoms with Gasteiger partial charge >= 0.3 is 0 Å². The van der Waals surface area contributed by atoms with Crippen LogP contribution in [0.25, 0.3) is 0 Å². The fourth-order valence-corrected chi connectivity index (χ4v) is 4.42. The summed E-state index contributed by atoms with van der Waals surface area (Å²) in [6, 6.07) is 0. The van der Waals surface area contributed by atoms with Gasteiger partial charge in [0.1, 0.15) is 0 Å². The molecule has 0 heteroatoms. The summed E-state index contributed by atoms with van der Waals surface area (Å²) in [6.07, 6.45) is 24.9. The fraction of sp³-hybridized carbons (Fsp3) is 0.926. The van der Waals surface area contributed by atoms with Crippen LogP contribution in [-0.4, -0.2) is 0 Å². The lowest BCUT2D eigenvalue weighted by atomic mass is 9.69. The Morgan fingerprint density at radius 3 is 1.85 bits per heavy atom. The van der Waals surface area contributed by atoms with E-state index in [1.807, 2.05) is 0 Å². The van der Waals surface area contributed by atoms with Crippen LogP contribution in [0, 0.1) is 17.3 Å². The lowest BCUT2D eigenvalue weighted by Crippen LogP contribution is -2.23. The van der Waals surface area contributed by atoms with Gasteiger partial charge in [-0.05, 0) is 42.9 Å². The molecule has 0 aromatic heterocycles. The SMILES string of the molecule is C.C=CCC1(CCCC)CCCCC1.CCCC.CCCC(C)C1CCC1. The molecule has 0 nitrogen and oxygen atoms in total. The standard InChI is InChI=1S/C13H24.C9H18.C4H10.CH4/c1-3-5-10-13(9-4-2)11-7-6-8-12-13;1-3-5-8(2)9-6-4-7-9;1-3-4-2;/h4H,2-3,5-12H2,1H3;8-9H,3-7H2,1-2H3;3-4H2,1-2H3;1H4. The molecule has 2 aliphatic carbocycles. The molecule has 2 rings (SSSR count). The Hall–Kier alpha value is -0.260. The van der Waals surface area contributed by atoms with E-state index in [9.17, 15) is 0 Å². The van der Waals surface area contributed by atoms with E-state index >= 15 is 0 Å². The van der Waals surface area contributed by atoms with E-state index in [0.717, 1.165) is 11.8 Å². The maximum atomic E-state index is 3.91. The molecule has 0 aliphatic heterocycles. The molecule has 0 spiro atoms. The molecule has 164 valence electrons. The van der Waals surface area contributed by atoms with Crippen LogP contribution in [0.4, 0.5) is 0 Å². The summed E-state index contributed by atoms with van der Waals surface area (Å²) in [6.45, 7) is 15.3. The maximum absolute atomic E-state index is 3.91. The Labute approximate surface area is 175 Å². The molecule has 0 amide bonds. The van der Waals surface area contributed by atoms with Crippen LogP contribution >= 0.6 is 0 Å². The Balaban J connectivity index is 0. The highest BCUT2D eigenvalue weighted by molar-refractivity contribution is 4.88. The van der Waals surface area contributed by atoms with Crippen LogP contribution in [0.3, 0.4) is 0 Å². The van der Waals surface area contributed by atoms with Crippen molar-refractivity contribution in [3.63, 3.8) is 0 Å². The minimum Gasteiger partial charge on any atom is -0.103 e. The summed E-state index contributed by atoms with van der Waals surface area (Å²) in [5.74, 6) is 2.12. The molecule has 0 saturated heterocycles. The molecular weight excluding hydrogens is 324 g/mol. The van der Waals surface area contributed by atoms with Crippen molar-refractivity contribution in [2.24, 2.45) is 17.3 Å². The van der Waals surface area contributed by atoms with Gasteiger partial charge in [0.2, 0.25) is 0 Å². The zero-order valence-electron chi connectivity index (χ0n) is 19.3. The van der Waals surface area contributed by atoms with Gasteiger partial charge in [-0.2, -0.15) is 0 Å². The Kier molecular flexibility index (Phi) is 20.4. The molecule has 0 aromatic rings. The van der Waals surface area contributed by atoms with Crippen LogP contribution in [-0.2, 0) is 0 Å². The first-order valence-electron chi connectivity index (χ1n) is 12.2. The van der Waals surface area contributed by atoms with Crippen LogP contribution in [0.5, 0.6) is 0 Å². The minimum atomic E-state index is 0. The summed E-state index contributed by atoms with van der Waals surface area (Å²) >= 11 is 0. The van der Waals surface area contributed by atoms with E-state index in [2.05, 4.69) is 47.3 Å². The highest BCUT2D eigenvalue weighted by Gasteiger charge is 2.29. The second-order valence-electron chi connectivity index (χ2n) is 9.11. The van der Waals surface area contributed by atoms with Crippen molar-refractivity contribution in [1.29, 1.82) is 0 Å². The van der Waals surface area contributed by atoms with Crippen molar-refractivity contribution < 1.29 is 0 Å². The molecule has 0 radical (unpaired) electrons. The molecule has 0 heterocycles. The van der Waals surface area contributed by atoms with Crippen molar-refractivity contribution >= 4 is 0 Å². The third-order valence-electron chi connectivity index (χ3n) is 6.75. The number of hydrogen-bond donors (Lipinski definition) is 0. The van der Waals surface area contributed by atoms with Gasteiger partial charge in [-0.15, -0.1) is 6.58 Å². The van der Waals surface area contributed by atoms with Crippen molar-refractivity contribution in [3.8, 4) is 0 Å². The van der Waals surface area contributed by atoms with E-state index in [4.69, 9.17) is 0 Å². The number of allylic oxidation sites excluding steroid dienone is 1. The Morgan fingerprint density at radius 1 is 0.889 bits per heavy atom. The first kappa shape index (κ1) is 28.9. The summed E-state index contributed by atoms with van der Waals surface area (Å²) in [4.78, 5) is 0. The highest BCUT2D eigenvalue weighted by Crippen LogP contribution is 2.43. The van der Waals surface area contributed by atoms with E-state index in [0.29, 0.717) is 5.41 Å². The molecule has 0 aromatic carbocycles. The zero-order chi connectivity index (χ0) is 19.7. The number of rotatable bonds is 9. The molecule has 0 N–H and O–H groups in total. The van der Waals surface area contributed by atoms with Gasteiger partial charge < -0.3 is 0 Å². The third-order valence-corrected chi connectivity index (χ3v) is 6.75. The first-order chi connectivity index (χ1) is 12.6. The van der Waals surface area contributed by atoms with Crippen molar-refractivity contribution in [1.82, 2.24) is 0 Å². The van der Waals surface area contributed by atoms with E-state index in [-0.39, 0.29) is 7.43 Å². The van der Waals surface area contributed by atoms with Gasteiger partial charge in [0.15, 0.2) is 0 Å². The fourth-order valence-electron chi connectivity index (χ4n) is 4.42. The predicted octanol–water partition coefficient (Wildman–Crippen LogP) is 10.4. The molecule has 1 atom stereocenters. The van der Waals surface area contributed by atoms with Gasteiger partial charge in [-0.3, -0.25) is 0 Å². The third kappa shape index (κ3) is 13.5. The monoisotopic (exact) mass is 380 g/mol. The molecule has 2 aliphatic rings. The van der Waals surface area contributed by atoms with Crippen LogP contribution < -0.4 is 0 Å². The zero-order valence-corrected chi connectivity index (χ0v) is 19.3. The molecule has 27 heavy (non-hydrogen) atoms. The number of unbranched alkanes of at least 4 members (excludes halogenated alkanes) is 2. The largest absolute Gasteiger partial charge is 0.103 e. The summed E-state index contributed by atoms with van der Waals surface area (Å²) in [5, 5.41) is 0. The summed E-state index contributed by atoms with van der Waals surface area (Å²) in [7, 11) is 0. The second-order valence-corrected chi connectivity index (χ2v) is 9.11. The van der Waals surface area contributed by atoms with E-state index in [1.54, 1.807) is 0 Å².